The van der Waals surface area contributed by atoms with Gasteiger partial charge in [0.2, 0.25) is 5.96 Å². The molecular formula is C29H27N5O. The molecule has 0 fully saturated rings. The molecule has 1 amide bonds. The van der Waals surface area contributed by atoms with E-state index in [4.69, 9.17) is 9.98 Å². The Labute approximate surface area is 205 Å². The van der Waals surface area contributed by atoms with Crippen molar-refractivity contribution in [2.24, 2.45) is 4.99 Å². The lowest BCUT2D eigenvalue weighted by Crippen LogP contribution is -2.49. The minimum Gasteiger partial charge on any atom is -0.309 e. The highest BCUT2D eigenvalue weighted by molar-refractivity contribution is 6.17. The average Bonchev–Trinajstić information content (AvgIpc) is 3.46. The third-order valence-corrected chi connectivity index (χ3v) is 6.72. The Morgan fingerprint density at radius 3 is 2.09 bits per heavy atom. The normalized spacial score (nSPS) is 16.8. The maximum atomic E-state index is 13.4. The topological polar surface area (TPSA) is 53.7 Å². The number of anilines is 1. The molecule has 0 radical (unpaired) electrons. The molecule has 6 rings (SSSR count). The van der Waals surface area contributed by atoms with E-state index in [1.807, 2.05) is 42.5 Å². The van der Waals surface area contributed by atoms with E-state index >= 15 is 0 Å². The first-order valence-corrected chi connectivity index (χ1v) is 12.0. The number of imidazole rings is 1. The summed E-state index contributed by atoms with van der Waals surface area (Å²) in [4.78, 5) is 27.2. The molecule has 2 aliphatic rings. The zero-order valence-corrected chi connectivity index (χ0v) is 19.7. The first-order valence-electron chi connectivity index (χ1n) is 12.0. The summed E-state index contributed by atoms with van der Waals surface area (Å²) in [5.74, 6) is 2.36. The van der Waals surface area contributed by atoms with Crippen molar-refractivity contribution in [3.05, 3.63) is 119 Å². The lowest BCUT2D eigenvalue weighted by atomic mass is 10.1. The summed E-state index contributed by atoms with van der Waals surface area (Å²) in [6, 6.07) is 31.2. The molecular weight excluding hydrogens is 434 g/mol. The number of nitrogens with zero attached hydrogens (tertiary/aromatic N) is 5. The maximum Gasteiger partial charge on any atom is 0.282 e. The standard InChI is InChI=1S/C29H27N5O/c1-32-28(35)26-27(34-20-24(30-29(32)34)17-21-11-5-2-6-12-21)33(19-23-15-9-4-10-16-23)25(31-26)18-22-13-7-3-8-14-22/h2-16,24H,17-20H2,1H3/t24-/m1/s1. The van der Waals surface area contributed by atoms with Crippen LogP contribution in [0.2, 0.25) is 0 Å². The molecule has 0 saturated carbocycles. The minimum absolute atomic E-state index is 0.0752. The summed E-state index contributed by atoms with van der Waals surface area (Å²) in [6.07, 6.45) is 1.49. The number of benzene rings is 3. The first kappa shape index (κ1) is 21.4. The summed E-state index contributed by atoms with van der Waals surface area (Å²) in [6.45, 7) is 1.37. The van der Waals surface area contributed by atoms with Crippen molar-refractivity contribution in [3.63, 3.8) is 0 Å². The second-order valence-corrected chi connectivity index (χ2v) is 9.18. The fraction of sp³-hybridized carbons (Fsp3) is 0.207. The zero-order valence-electron chi connectivity index (χ0n) is 19.7. The van der Waals surface area contributed by atoms with Gasteiger partial charge in [0.1, 0.15) is 11.6 Å². The fourth-order valence-corrected chi connectivity index (χ4v) is 5.01. The summed E-state index contributed by atoms with van der Waals surface area (Å²) in [5.41, 5.74) is 4.10. The quantitative estimate of drug-likeness (QED) is 0.428. The SMILES string of the molecule is CN1C(=O)c2nc(Cc3ccccc3)n(Cc3ccccc3)c2N2C[C@@H](Cc3ccccc3)N=C12. The fourth-order valence-electron chi connectivity index (χ4n) is 5.01. The van der Waals surface area contributed by atoms with Gasteiger partial charge in [0.05, 0.1) is 19.1 Å². The average molecular weight is 462 g/mol. The summed E-state index contributed by atoms with van der Waals surface area (Å²) in [7, 11) is 1.80. The number of carbonyl (C=O) groups is 1. The van der Waals surface area contributed by atoms with E-state index in [0.29, 0.717) is 24.6 Å². The van der Waals surface area contributed by atoms with E-state index < -0.39 is 0 Å². The maximum absolute atomic E-state index is 13.4. The molecule has 174 valence electrons. The number of amides is 1. The second-order valence-electron chi connectivity index (χ2n) is 9.18. The molecule has 1 aromatic heterocycles. The predicted molar refractivity (Wildman–Crippen MR) is 138 cm³/mol. The van der Waals surface area contributed by atoms with Gasteiger partial charge >= 0.3 is 0 Å². The lowest BCUT2D eigenvalue weighted by molar-refractivity contribution is 0.0860. The van der Waals surface area contributed by atoms with Gasteiger partial charge in [-0.05, 0) is 23.1 Å². The van der Waals surface area contributed by atoms with Crippen LogP contribution in [0.25, 0.3) is 0 Å². The molecule has 0 unspecified atom stereocenters. The largest absolute Gasteiger partial charge is 0.309 e. The van der Waals surface area contributed by atoms with Gasteiger partial charge in [-0.2, -0.15) is 0 Å². The zero-order chi connectivity index (χ0) is 23.8. The Bertz CT molecular complexity index is 1380. The van der Waals surface area contributed by atoms with E-state index in [-0.39, 0.29) is 11.9 Å². The molecule has 4 aromatic rings. The third kappa shape index (κ3) is 4.01. The number of hydrogen-bond donors (Lipinski definition) is 0. The van der Waals surface area contributed by atoms with Crippen LogP contribution in [-0.2, 0) is 19.4 Å². The van der Waals surface area contributed by atoms with Gasteiger partial charge in [0, 0.05) is 13.5 Å². The van der Waals surface area contributed by atoms with Gasteiger partial charge in [-0.3, -0.25) is 14.6 Å². The number of guanidine groups is 1. The number of carbonyl (C=O) groups excluding carboxylic acids is 1. The molecule has 0 bridgehead atoms. The number of fused-ring (bicyclic) bond motifs is 3. The lowest BCUT2D eigenvalue weighted by Gasteiger charge is -2.32. The van der Waals surface area contributed by atoms with Gasteiger partial charge in [-0.15, -0.1) is 0 Å². The van der Waals surface area contributed by atoms with Crippen molar-refractivity contribution in [2.45, 2.75) is 25.4 Å². The molecule has 6 heteroatoms. The van der Waals surface area contributed by atoms with Crippen LogP contribution in [0.3, 0.4) is 0 Å². The molecule has 3 aromatic carbocycles. The molecule has 0 spiro atoms. The van der Waals surface area contributed by atoms with E-state index in [0.717, 1.165) is 24.6 Å². The number of aromatic nitrogens is 2. The van der Waals surface area contributed by atoms with Gasteiger partial charge in [0.25, 0.3) is 5.91 Å². The number of rotatable bonds is 6. The van der Waals surface area contributed by atoms with Crippen molar-refractivity contribution in [2.75, 3.05) is 18.5 Å². The van der Waals surface area contributed by atoms with Crippen LogP contribution in [-0.4, -0.2) is 46.0 Å². The van der Waals surface area contributed by atoms with Crippen LogP contribution >= 0.6 is 0 Å². The molecule has 0 saturated heterocycles. The molecule has 2 aliphatic heterocycles. The molecule has 0 N–H and O–H groups in total. The Kier molecular flexibility index (Phi) is 5.41. The van der Waals surface area contributed by atoms with Crippen molar-refractivity contribution >= 4 is 17.7 Å². The van der Waals surface area contributed by atoms with Crippen LogP contribution in [0.5, 0.6) is 0 Å². The van der Waals surface area contributed by atoms with Crippen molar-refractivity contribution in [1.29, 1.82) is 0 Å². The van der Waals surface area contributed by atoms with Crippen LogP contribution < -0.4 is 4.90 Å². The second kappa shape index (κ2) is 8.87. The van der Waals surface area contributed by atoms with Gasteiger partial charge in [0.15, 0.2) is 5.69 Å². The van der Waals surface area contributed by atoms with E-state index in [1.165, 1.54) is 16.7 Å². The molecule has 1 atom stereocenters. The van der Waals surface area contributed by atoms with Gasteiger partial charge in [-0.1, -0.05) is 91.0 Å². The van der Waals surface area contributed by atoms with Crippen LogP contribution in [0.4, 0.5) is 5.82 Å². The summed E-state index contributed by atoms with van der Waals surface area (Å²) >= 11 is 0. The highest BCUT2D eigenvalue weighted by Gasteiger charge is 2.42. The summed E-state index contributed by atoms with van der Waals surface area (Å²) in [5, 5.41) is 0. The van der Waals surface area contributed by atoms with Crippen molar-refractivity contribution < 1.29 is 4.79 Å². The van der Waals surface area contributed by atoms with Gasteiger partial charge in [-0.25, -0.2) is 9.98 Å². The Balaban J connectivity index is 1.42. The summed E-state index contributed by atoms with van der Waals surface area (Å²) < 4.78 is 2.21. The number of hydrogen-bond acceptors (Lipinski definition) is 4. The Morgan fingerprint density at radius 1 is 0.829 bits per heavy atom. The van der Waals surface area contributed by atoms with E-state index in [1.54, 1.807) is 11.9 Å². The first-order chi connectivity index (χ1) is 17.2. The van der Waals surface area contributed by atoms with E-state index in [2.05, 4.69) is 58.0 Å². The van der Waals surface area contributed by atoms with Gasteiger partial charge < -0.3 is 4.57 Å². The monoisotopic (exact) mass is 461 g/mol. The van der Waals surface area contributed by atoms with Crippen molar-refractivity contribution in [3.8, 4) is 0 Å². The molecule has 6 nitrogen and oxygen atoms in total. The van der Waals surface area contributed by atoms with Crippen LogP contribution in [0.15, 0.2) is 96.0 Å². The van der Waals surface area contributed by atoms with Crippen LogP contribution in [0.1, 0.15) is 33.0 Å². The highest BCUT2D eigenvalue weighted by Crippen LogP contribution is 2.34. The van der Waals surface area contributed by atoms with E-state index in [9.17, 15) is 4.79 Å². The van der Waals surface area contributed by atoms with Crippen molar-refractivity contribution in [1.82, 2.24) is 14.5 Å². The smallest absolute Gasteiger partial charge is 0.282 e. The minimum atomic E-state index is -0.100. The highest BCUT2D eigenvalue weighted by atomic mass is 16.2. The Morgan fingerprint density at radius 2 is 1.43 bits per heavy atom. The molecule has 35 heavy (non-hydrogen) atoms. The molecule has 0 aliphatic carbocycles. The molecule has 3 heterocycles. The van der Waals surface area contributed by atoms with Crippen LogP contribution in [0, 0.1) is 0 Å². The number of aliphatic imine (C=N–C) groups is 1. The third-order valence-electron chi connectivity index (χ3n) is 6.72. The predicted octanol–water partition coefficient (Wildman–Crippen LogP) is 4.40. The Hall–Kier alpha value is -4.19.